The summed E-state index contributed by atoms with van der Waals surface area (Å²) in [7, 11) is 0. The molecule has 1 heterocycles. The predicted octanol–water partition coefficient (Wildman–Crippen LogP) is 5.93. The maximum absolute atomic E-state index is 14.3. The summed E-state index contributed by atoms with van der Waals surface area (Å²) in [5, 5.41) is 3.34. The van der Waals surface area contributed by atoms with Gasteiger partial charge < -0.3 is 10.1 Å². The lowest BCUT2D eigenvalue weighted by molar-refractivity contribution is -0.140. The monoisotopic (exact) mass is 467 g/mol. The van der Waals surface area contributed by atoms with Gasteiger partial charge in [0.05, 0.1) is 5.57 Å². The first-order valence-corrected chi connectivity index (χ1v) is 11.8. The van der Waals surface area contributed by atoms with Crippen LogP contribution in [0.25, 0.3) is 0 Å². The van der Waals surface area contributed by atoms with Crippen LogP contribution in [0.1, 0.15) is 48.3 Å². The van der Waals surface area contributed by atoms with Crippen molar-refractivity contribution in [2.24, 2.45) is 0 Å². The average molecular weight is 468 g/mol. The van der Waals surface area contributed by atoms with E-state index in [1.54, 1.807) is 12.1 Å². The Balaban J connectivity index is 1.52. The third-order valence-corrected chi connectivity index (χ3v) is 6.71. The van der Waals surface area contributed by atoms with Gasteiger partial charge in [-0.05, 0) is 48.1 Å². The molecule has 1 aliphatic heterocycles. The zero-order chi connectivity index (χ0) is 24.4. The molecule has 35 heavy (non-hydrogen) atoms. The van der Waals surface area contributed by atoms with Crippen molar-refractivity contribution in [3.05, 3.63) is 130 Å². The lowest BCUT2D eigenvalue weighted by Crippen LogP contribution is -2.36. The van der Waals surface area contributed by atoms with Gasteiger partial charge in [0.25, 0.3) is 0 Å². The van der Waals surface area contributed by atoms with E-state index >= 15 is 0 Å². The molecule has 3 aromatic carbocycles. The fourth-order valence-electron chi connectivity index (χ4n) is 5.09. The van der Waals surface area contributed by atoms with E-state index in [2.05, 4.69) is 5.32 Å². The van der Waals surface area contributed by atoms with Gasteiger partial charge in [0.2, 0.25) is 0 Å². The molecule has 0 fully saturated rings. The molecule has 1 aliphatic carbocycles. The van der Waals surface area contributed by atoms with Gasteiger partial charge in [0.15, 0.2) is 5.78 Å². The topological polar surface area (TPSA) is 55.4 Å². The molecule has 0 saturated heterocycles. The number of dihydropyridines is 1. The Labute approximate surface area is 204 Å². The number of Topliss-reactive ketones (excluding diaryl/α,β-unsaturated/α-hetero) is 1. The maximum Gasteiger partial charge on any atom is 0.337 e. The van der Waals surface area contributed by atoms with E-state index in [1.807, 2.05) is 67.6 Å². The zero-order valence-electron chi connectivity index (χ0n) is 19.5. The molecule has 0 aromatic heterocycles. The van der Waals surface area contributed by atoms with Crippen LogP contribution in [0.4, 0.5) is 4.39 Å². The van der Waals surface area contributed by atoms with Gasteiger partial charge in [-0.25, -0.2) is 9.18 Å². The van der Waals surface area contributed by atoms with Gasteiger partial charge in [0, 0.05) is 29.3 Å². The largest absolute Gasteiger partial charge is 0.457 e. The van der Waals surface area contributed by atoms with Gasteiger partial charge in [-0.15, -0.1) is 0 Å². The van der Waals surface area contributed by atoms with E-state index in [1.165, 1.54) is 12.1 Å². The third-order valence-electron chi connectivity index (χ3n) is 6.71. The number of hydrogen-bond donors (Lipinski definition) is 1. The van der Waals surface area contributed by atoms with Crippen LogP contribution in [0.5, 0.6) is 0 Å². The summed E-state index contributed by atoms with van der Waals surface area (Å²) in [6.45, 7) is 1.92. The highest BCUT2D eigenvalue weighted by molar-refractivity contribution is 6.04. The molecule has 4 nitrogen and oxygen atoms in total. The zero-order valence-corrected chi connectivity index (χ0v) is 19.5. The van der Waals surface area contributed by atoms with E-state index < -0.39 is 17.7 Å². The van der Waals surface area contributed by atoms with Crippen LogP contribution >= 0.6 is 0 Å². The lowest BCUT2D eigenvalue weighted by atomic mass is 9.71. The third kappa shape index (κ3) is 4.67. The Morgan fingerprint density at radius 1 is 0.943 bits per heavy atom. The second-order valence-corrected chi connectivity index (χ2v) is 9.04. The second-order valence-electron chi connectivity index (χ2n) is 9.04. The highest BCUT2D eigenvalue weighted by Gasteiger charge is 2.41. The summed E-state index contributed by atoms with van der Waals surface area (Å²) in [6.07, 6.45) is 0.975. The fraction of sp³-hybridized carbons (Fsp3) is 0.200. The van der Waals surface area contributed by atoms with Crippen molar-refractivity contribution in [2.45, 2.75) is 38.2 Å². The molecule has 0 amide bonds. The van der Waals surface area contributed by atoms with Crippen LogP contribution in [0, 0.1) is 5.82 Å². The SMILES string of the molecule is CC1=C(C(=O)OCc2ccccc2)[C@@H](c2cccc(F)c2)C2=C(C[C@@H](c3ccccc3)CC2=O)N1. The molecular weight excluding hydrogens is 441 g/mol. The number of ketones is 1. The standard InChI is InChI=1S/C30H26FNO3/c1-19-27(30(34)35-18-20-9-4-2-5-10-20)28(22-13-8-14-24(31)15-22)29-25(32-19)16-23(17-26(29)33)21-11-6-3-7-12-21/h2-15,23,28,32H,16-18H2,1H3/t23-,28-/m1/s1. The number of halogens is 1. The van der Waals surface area contributed by atoms with Crippen LogP contribution in [-0.2, 0) is 20.9 Å². The first-order chi connectivity index (χ1) is 17.0. The van der Waals surface area contributed by atoms with Gasteiger partial charge in [0.1, 0.15) is 12.4 Å². The van der Waals surface area contributed by atoms with Crippen molar-refractivity contribution >= 4 is 11.8 Å². The molecule has 0 bridgehead atoms. The Kier molecular flexibility index (Phi) is 6.32. The number of allylic oxidation sites excluding steroid dienone is 3. The summed E-state index contributed by atoms with van der Waals surface area (Å²) in [4.78, 5) is 26.9. The number of carbonyl (C=O) groups excluding carboxylic acids is 2. The Bertz CT molecular complexity index is 1330. The average Bonchev–Trinajstić information content (AvgIpc) is 2.87. The number of carbonyl (C=O) groups is 2. The molecule has 0 radical (unpaired) electrons. The number of nitrogens with one attached hydrogen (secondary N) is 1. The quantitative estimate of drug-likeness (QED) is 0.473. The Morgan fingerprint density at radius 2 is 1.63 bits per heavy atom. The molecular formula is C30H26FNO3. The first-order valence-electron chi connectivity index (χ1n) is 11.8. The summed E-state index contributed by atoms with van der Waals surface area (Å²) in [5.41, 5.74) is 4.82. The normalized spacial score (nSPS) is 19.8. The number of rotatable bonds is 5. The molecule has 3 aromatic rings. The molecule has 176 valence electrons. The molecule has 5 heteroatoms. The molecule has 5 rings (SSSR count). The molecule has 0 spiro atoms. The minimum absolute atomic E-state index is 0.0391. The van der Waals surface area contributed by atoms with Crippen molar-refractivity contribution in [1.29, 1.82) is 0 Å². The number of ether oxygens (including phenoxy) is 1. The molecule has 2 aliphatic rings. The van der Waals surface area contributed by atoms with E-state index in [4.69, 9.17) is 4.74 Å². The van der Waals surface area contributed by atoms with Crippen LogP contribution in [0.3, 0.4) is 0 Å². The summed E-state index contributed by atoms with van der Waals surface area (Å²) in [5.74, 6) is -1.61. The van der Waals surface area contributed by atoms with E-state index in [0.717, 1.165) is 16.8 Å². The lowest BCUT2D eigenvalue weighted by Gasteiger charge is -2.36. The van der Waals surface area contributed by atoms with Crippen molar-refractivity contribution in [2.75, 3.05) is 0 Å². The predicted molar refractivity (Wildman–Crippen MR) is 132 cm³/mol. The highest BCUT2D eigenvalue weighted by Crippen LogP contribution is 2.45. The second kappa shape index (κ2) is 9.71. The van der Waals surface area contributed by atoms with E-state index in [9.17, 15) is 14.0 Å². The minimum Gasteiger partial charge on any atom is -0.457 e. The number of benzene rings is 3. The minimum atomic E-state index is -0.686. The van der Waals surface area contributed by atoms with E-state index in [-0.39, 0.29) is 18.3 Å². The highest BCUT2D eigenvalue weighted by atomic mass is 19.1. The number of hydrogen-bond acceptors (Lipinski definition) is 4. The van der Waals surface area contributed by atoms with Gasteiger partial charge in [-0.2, -0.15) is 0 Å². The van der Waals surface area contributed by atoms with Gasteiger partial charge >= 0.3 is 5.97 Å². The van der Waals surface area contributed by atoms with Crippen molar-refractivity contribution < 1.29 is 18.7 Å². The van der Waals surface area contributed by atoms with Crippen molar-refractivity contribution in [3.8, 4) is 0 Å². The van der Waals surface area contributed by atoms with Crippen LogP contribution in [-0.4, -0.2) is 11.8 Å². The van der Waals surface area contributed by atoms with Crippen molar-refractivity contribution in [3.63, 3.8) is 0 Å². The first kappa shape index (κ1) is 22.8. The molecule has 0 saturated carbocycles. The van der Waals surface area contributed by atoms with Crippen LogP contribution in [0.15, 0.2) is 107 Å². The van der Waals surface area contributed by atoms with Crippen molar-refractivity contribution in [1.82, 2.24) is 5.32 Å². The van der Waals surface area contributed by atoms with E-state index in [0.29, 0.717) is 35.2 Å². The van der Waals surface area contributed by atoms with Gasteiger partial charge in [-0.1, -0.05) is 72.8 Å². The summed E-state index contributed by atoms with van der Waals surface area (Å²) in [6, 6.07) is 25.5. The molecule has 0 unspecified atom stereocenters. The smallest absolute Gasteiger partial charge is 0.337 e. The summed E-state index contributed by atoms with van der Waals surface area (Å²) >= 11 is 0. The van der Waals surface area contributed by atoms with Crippen LogP contribution < -0.4 is 5.32 Å². The Hall–Kier alpha value is -3.99. The Morgan fingerprint density at radius 3 is 2.34 bits per heavy atom. The number of esters is 1. The fourth-order valence-corrected chi connectivity index (χ4v) is 5.09. The molecule has 2 atom stereocenters. The van der Waals surface area contributed by atoms with Gasteiger partial charge in [-0.3, -0.25) is 4.79 Å². The molecule has 1 N–H and O–H groups in total. The maximum atomic E-state index is 14.3. The summed E-state index contributed by atoms with van der Waals surface area (Å²) < 4.78 is 19.9. The van der Waals surface area contributed by atoms with Crippen LogP contribution in [0.2, 0.25) is 0 Å².